The molecule has 1 saturated carbocycles. The molecular formula is C34H37ClFN5O3. The van der Waals surface area contributed by atoms with E-state index in [1.165, 1.54) is 6.08 Å². The Hall–Kier alpha value is -3.43. The summed E-state index contributed by atoms with van der Waals surface area (Å²) in [6, 6.07) is 7.53. The van der Waals surface area contributed by atoms with Gasteiger partial charge in [-0.1, -0.05) is 18.2 Å². The van der Waals surface area contributed by atoms with Crippen LogP contribution in [0.4, 0.5) is 10.2 Å². The highest BCUT2D eigenvalue weighted by Gasteiger charge is 2.49. The van der Waals surface area contributed by atoms with Gasteiger partial charge in [0.25, 0.3) is 0 Å². The van der Waals surface area contributed by atoms with E-state index in [-0.39, 0.29) is 29.3 Å². The molecule has 5 aliphatic rings. The van der Waals surface area contributed by atoms with E-state index in [4.69, 9.17) is 26.3 Å². The first-order valence-corrected chi connectivity index (χ1v) is 16.2. The van der Waals surface area contributed by atoms with Gasteiger partial charge in [0.1, 0.15) is 24.3 Å². The Morgan fingerprint density at radius 1 is 1.16 bits per heavy atom. The van der Waals surface area contributed by atoms with Crippen LogP contribution in [0, 0.1) is 0 Å². The van der Waals surface area contributed by atoms with Crippen molar-refractivity contribution < 1.29 is 19.0 Å². The van der Waals surface area contributed by atoms with Gasteiger partial charge in [0, 0.05) is 66.4 Å². The molecule has 1 aromatic carbocycles. The molecule has 1 amide bonds. The van der Waals surface area contributed by atoms with E-state index in [1.807, 2.05) is 23.2 Å². The van der Waals surface area contributed by atoms with Crippen LogP contribution in [-0.4, -0.2) is 87.4 Å². The van der Waals surface area contributed by atoms with E-state index in [1.54, 1.807) is 12.1 Å². The number of alkyl halides is 1. The largest absolute Gasteiger partial charge is 0.508 e. The van der Waals surface area contributed by atoms with Crippen molar-refractivity contribution >= 4 is 34.1 Å². The third kappa shape index (κ3) is 4.70. The number of aromatic nitrogens is 2. The van der Waals surface area contributed by atoms with E-state index in [9.17, 15) is 14.3 Å². The van der Waals surface area contributed by atoms with Crippen molar-refractivity contribution in [1.82, 2.24) is 19.8 Å². The van der Waals surface area contributed by atoms with Crippen LogP contribution in [-0.2, 0) is 4.79 Å². The number of carbonyl (C=O) groups excluding carboxylic acids is 1. The van der Waals surface area contributed by atoms with Crippen LogP contribution in [0.1, 0.15) is 56.4 Å². The minimum Gasteiger partial charge on any atom is -0.508 e. The summed E-state index contributed by atoms with van der Waals surface area (Å²) >= 11 is 6.64. The molecule has 1 aliphatic carbocycles. The second-order valence-corrected chi connectivity index (χ2v) is 13.7. The van der Waals surface area contributed by atoms with Gasteiger partial charge in [0.2, 0.25) is 11.8 Å². The first-order chi connectivity index (χ1) is 21.3. The number of benzene rings is 1. The number of carbonyl (C=O) groups is 1. The predicted molar refractivity (Wildman–Crippen MR) is 168 cm³/mol. The number of hydrogen-bond acceptors (Lipinski definition) is 7. The number of amides is 1. The molecule has 2 aromatic heterocycles. The van der Waals surface area contributed by atoms with Crippen LogP contribution in [0.25, 0.3) is 22.0 Å². The van der Waals surface area contributed by atoms with Gasteiger partial charge in [-0.3, -0.25) is 14.7 Å². The third-order valence-corrected chi connectivity index (χ3v) is 10.8. The van der Waals surface area contributed by atoms with Crippen molar-refractivity contribution in [3.63, 3.8) is 0 Å². The summed E-state index contributed by atoms with van der Waals surface area (Å²) in [5.74, 6) is 1.75. The van der Waals surface area contributed by atoms with Gasteiger partial charge in [-0.2, -0.15) is 4.98 Å². The van der Waals surface area contributed by atoms with E-state index in [0.29, 0.717) is 49.5 Å². The van der Waals surface area contributed by atoms with Crippen LogP contribution < -0.4 is 9.64 Å². The van der Waals surface area contributed by atoms with Gasteiger partial charge < -0.3 is 19.6 Å². The molecule has 5 fully saturated rings. The molecule has 0 spiro atoms. The molecule has 0 radical (unpaired) electrons. The number of hydrogen-bond donors (Lipinski definition) is 1. The standard InChI is InChI=1S/C34H37ClFN5O3/c1-2-31(43)41-23-6-7-24(41)18-39(17-23)33-27-15-37-29(26-12-25(42)13-28(35)32(26)20-4-5-20)10-21(27)11-30(38-33)44-19-34-8-3-9-40(34)16-22(36)14-34/h2,10-13,15,20,22-24,42H,1,3-9,14,16-19H2. The summed E-state index contributed by atoms with van der Waals surface area (Å²) in [6.45, 7) is 6.82. The quantitative estimate of drug-likeness (QED) is 0.333. The van der Waals surface area contributed by atoms with Gasteiger partial charge in [0.15, 0.2) is 0 Å². The Morgan fingerprint density at radius 3 is 2.70 bits per heavy atom. The number of phenols is 1. The fourth-order valence-corrected chi connectivity index (χ4v) is 8.74. The molecule has 230 valence electrons. The molecule has 6 heterocycles. The van der Waals surface area contributed by atoms with E-state index < -0.39 is 6.17 Å². The molecule has 4 saturated heterocycles. The number of halogens is 2. The Labute approximate surface area is 261 Å². The number of piperazine rings is 1. The summed E-state index contributed by atoms with van der Waals surface area (Å²) in [5, 5.41) is 12.8. The lowest BCUT2D eigenvalue weighted by Gasteiger charge is -2.41. The number of rotatable bonds is 7. The van der Waals surface area contributed by atoms with E-state index in [0.717, 1.165) is 78.5 Å². The van der Waals surface area contributed by atoms with Crippen LogP contribution in [0.2, 0.25) is 5.02 Å². The zero-order valence-electron chi connectivity index (χ0n) is 24.7. The summed E-state index contributed by atoms with van der Waals surface area (Å²) in [6.07, 6.45) is 8.94. The van der Waals surface area contributed by atoms with E-state index >= 15 is 0 Å². The fraction of sp³-hybridized carbons (Fsp3) is 0.500. The monoisotopic (exact) mass is 617 g/mol. The van der Waals surface area contributed by atoms with Crippen molar-refractivity contribution in [2.45, 2.75) is 74.7 Å². The number of anilines is 1. The maximum absolute atomic E-state index is 14.5. The summed E-state index contributed by atoms with van der Waals surface area (Å²) < 4.78 is 21.0. The third-order valence-electron chi connectivity index (χ3n) is 10.5. The maximum atomic E-state index is 14.5. The number of pyridine rings is 2. The van der Waals surface area contributed by atoms with Crippen LogP contribution in [0.3, 0.4) is 0 Å². The number of fused-ring (bicyclic) bond motifs is 4. The van der Waals surface area contributed by atoms with Crippen molar-refractivity contribution in [2.24, 2.45) is 0 Å². The summed E-state index contributed by atoms with van der Waals surface area (Å²) in [4.78, 5) is 29.1. The van der Waals surface area contributed by atoms with Crippen LogP contribution in [0.5, 0.6) is 11.6 Å². The predicted octanol–water partition coefficient (Wildman–Crippen LogP) is 5.85. The highest BCUT2D eigenvalue weighted by Crippen LogP contribution is 2.49. The Bertz CT molecular complexity index is 1650. The molecule has 8 nitrogen and oxygen atoms in total. The van der Waals surface area contributed by atoms with E-state index in [2.05, 4.69) is 16.4 Å². The second-order valence-electron chi connectivity index (χ2n) is 13.3. The van der Waals surface area contributed by atoms with Crippen LogP contribution >= 0.6 is 11.6 Å². The lowest BCUT2D eigenvalue weighted by atomic mass is 9.95. The zero-order valence-corrected chi connectivity index (χ0v) is 25.5. The molecule has 4 aliphatic heterocycles. The second kappa shape index (κ2) is 10.6. The van der Waals surface area contributed by atoms with Gasteiger partial charge in [-0.15, -0.1) is 0 Å². The normalized spacial score (nSPS) is 28.1. The lowest BCUT2D eigenvalue weighted by molar-refractivity contribution is -0.129. The number of aromatic hydroxyl groups is 1. The molecule has 3 aromatic rings. The molecule has 10 heteroatoms. The number of ether oxygens (including phenoxy) is 1. The highest BCUT2D eigenvalue weighted by molar-refractivity contribution is 6.32. The van der Waals surface area contributed by atoms with Crippen molar-refractivity contribution in [2.75, 3.05) is 37.7 Å². The average Bonchev–Trinajstić information content (AvgIpc) is 3.62. The van der Waals surface area contributed by atoms with Crippen molar-refractivity contribution in [3.8, 4) is 22.9 Å². The number of nitrogens with zero attached hydrogens (tertiary/aromatic N) is 5. The number of phenolic OH excluding ortho intramolecular Hbond substituents is 1. The topological polar surface area (TPSA) is 82.0 Å². The lowest BCUT2D eigenvalue weighted by Crippen LogP contribution is -2.55. The fourth-order valence-electron chi connectivity index (χ4n) is 8.37. The highest BCUT2D eigenvalue weighted by atomic mass is 35.5. The average molecular weight is 618 g/mol. The first-order valence-electron chi connectivity index (χ1n) is 15.9. The van der Waals surface area contributed by atoms with Gasteiger partial charge in [0.05, 0.1) is 11.2 Å². The molecule has 44 heavy (non-hydrogen) atoms. The first kappa shape index (κ1) is 28.1. The Kier molecular flexibility index (Phi) is 6.75. The van der Waals surface area contributed by atoms with Gasteiger partial charge in [-0.05, 0) is 86.2 Å². The minimum atomic E-state index is -0.826. The smallest absolute Gasteiger partial charge is 0.246 e. The van der Waals surface area contributed by atoms with Gasteiger partial charge >= 0.3 is 0 Å². The van der Waals surface area contributed by atoms with Crippen molar-refractivity contribution in [1.29, 1.82) is 0 Å². The van der Waals surface area contributed by atoms with Gasteiger partial charge in [-0.25, -0.2) is 4.39 Å². The Morgan fingerprint density at radius 2 is 1.95 bits per heavy atom. The maximum Gasteiger partial charge on any atom is 0.246 e. The zero-order chi connectivity index (χ0) is 30.2. The van der Waals surface area contributed by atoms with Crippen LogP contribution in [0.15, 0.2) is 43.1 Å². The Balaban J connectivity index is 1.19. The molecule has 4 atom stereocenters. The molecule has 2 bridgehead atoms. The summed E-state index contributed by atoms with van der Waals surface area (Å²) in [7, 11) is 0. The molecule has 4 unspecified atom stereocenters. The molecule has 8 rings (SSSR count). The summed E-state index contributed by atoms with van der Waals surface area (Å²) in [5.41, 5.74) is 2.32. The molecule has 1 N–H and O–H groups in total. The van der Waals surface area contributed by atoms with Crippen molar-refractivity contribution in [3.05, 3.63) is 53.7 Å². The minimum absolute atomic E-state index is 0.0160. The SMILES string of the molecule is C=CC(=O)N1C2CCC1CN(c1nc(OCC34CCCN3CC(F)C4)cc3cc(-c4cc(O)cc(Cl)c4C4CC4)ncc13)C2. The molecular weight excluding hydrogens is 581 g/mol.